The Morgan fingerprint density at radius 2 is 2.00 bits per heavy atom. The molecule has 2 aromatic rings. The van der Waals surface area contributed by atoms with Crippen molar-refractivity contribution in [3.63, 3.8) is 0 Å². The van der Waals surface area contributed by atoms with E-state index >= 15 is 0 Å². The Labute approximate surface area is 116 Å². The van der Waals surface area contributed by atoms with Crippen LogP contribution in [0.2, 0.25) is 0 Å². The van der Waals surface area contributed by atoms with Gasteiger partial charge in [-0.05, 0) is 18.4 Å². The van der Waals surface area contributed by atoms with Crippen LogP contribution >= 0.6 is 11.3 Å². The van der Waals surface area contributed by atoms with Gasteiger partial charge in [-0.3, -0.25) is 4.79 Å². The maximum absolute atomic E-state index is 10.8. The van der Waals surface area contributed by atoms with E-state index in [-0.39, 0.29) is 6.42 Å². The minimum absolute atomic E-state index is 0.0895. The minimum Gasteiger partial charge on any atom is -0.481 e. The van der Waals surface area contributed by atoms with Gasteiger partial charge in [0.1, 0.15) is 0 Å². The second-order valence-corrected chi connectivity index (χ2v) is 5.56. The van der Waals surface area contributed by atoms with Gasteiger partial charge in [0.15, 0.2) is 0 Å². The first-order chi connectivity index (χ1) is 9.19. The molecule has 0 atom stereocenters. The Bertz CT molecular complexity index is 549. The highest BCUT2D eigenvalue weighted by molar-refractivity contribution is 7.11. The van der Waals surface area contributed by atoms with E-state index in [0.717, 1.165) is 34.8 Å². The first kappa shape index (κ1) is 13.7. The van der Waals surface area contributed by atoms with Crippen molar-refractivity contribution in [2.45, 2.75) is 32.6 Å². The maximum Gasteiger partial charge on any atom is 0.308 e. The van der Waals surface area contributed by atoms with Gasteiger partial charge in [-0.25, -0.2) is 4.98 Å². The molecule has 0 radical (unpaired) electrons. The Morgan fingerprint density at radius 3 is 2.63 bits per heavy atom. The molecule has 0 saturated heterocycles. The molecule has 0 aliphatic heterocycles. The number of nitrogens with zero attached hydrogens (tertiary/aromatic N) is 1. The highest BCUT2D eigenvalue weighted by Gasteiger charge is 2.12. The van der Waals surface area contributed by atoms with E-state index in [1.807, 2.05) is 25.1 Å². The molecule has 0 fully saturated rings. The number of benzene rings is 1. The van der Waals surface area contributed by atoms with Crippen molar-refractivity contribution < 1.29 is 9.90 Å². The molecule has 0 aliphatic rings. The van der Waals surface area contributed by atoms with Gasteiger partial charge < -0.3 is 5.11 Å². The number of carbonyl (C=O) groups is 1. The molecule has 100 valence electrons. The highest BCUT2D eigenvalue weighted by Crippen LogP contribution is 2.21. The molecule has 1 heterocycles. The van der Waals surface area contributed by atoms with Crippen molar-refractivity contribution in [2.75, 3.05) is 0 Å². The van der Waals surface area contributed by atoms with E-state index in [0.29, 0.717) is 0 Å². The number of carboxylic acid groups (broad SMARTS) is 1. The van der Waals surface area contributed by atoms with Crippen molar-refractivity contribution in [3.05, 3.63) is 51.5 Å². The zero-order chi connectivity index (χ0) is 13.7. The molecule has 2 rings (SSSR count). The van der Waals surface area contributed by atoms with Gasteiger partial charge in [0.25, 0.3) is 0 Å². The van der Waals surface area contributed by atoms with Crippen molar-refractivity contribution in [1.82, 2.24) is 4.98 Å². The zero-order valence-electron chi connectivity index (χ0n) is 10.9. The zero-order valence-corrected chi connectivity index (χ0v) is 11.7. The van der Waals surface area contributed by atoms with Crippen LogP contribution in [0.3, 0.4) is 0 Å². The van der Waals surface area contributed by atoms with Crippen LogP contribution in [-0.4, -0.2) is 16.1 Å². The number of aliphatic carboxylic acids is 1. The average molecular weight is 275 g/mol. The van der Waals surface area contributed by atoms with E-state index in [4.69, 9.17) is 5.11 Å². The molecule has 0 aliphatic carbocycles. The lowest BCUT2D eigenvalue weighted by atomic mass is 10.1. The monoisotopic (exact) mass is 275 g/mol. The Kier molecular flexibility index (Phi) is 4.68. The minimum atomic E-state index is -0.784. The summed E-state index contributed by atoms with van der Waals surface area (Å²) in [5.74, 6) is -0.784. The fourth-order valence-corrected chi connectivity index (χ4v) is 3.14. The second-order valence-electron chi connectivity index (χ2n) is 4.39. The van der Waals surface area contributed by atoms with Crippen LogP contribution < -0.4 is 0 Å². The molecule has 1 N–H and O–H groups in total. The van der Waals surface area contributed by atoms with Gasteiger partial charge in [0, 0.05) is 11.3 Å². The fourth-order valence-electron chi connectivity index (χ4n) is 1.99. The predicted molar refractivity (Wildman–Crippen MR) is 76.7 cm³/mol. The third-order valence-electron chi connectivity index (χ3n) is 2.94. The summed E-state index contributed by atoms with van der Waals surface area (Å²) in [6.07, 6.45) is 2.71. The Morgan fingerprint density at radius 1 is 1.26 bits per heavy atom. The lowest BCUT2D eigenvalue weighted by Crippen LogP contribution is -2.00. The SMILES string of the molecule is CCc1nc(CCc2ccccc2)sc1CC(=O)O. The van der Waals surface area contributed by atoms with Gasteiger partial charge in [0.2, 0.25) is 0 Å². The van der Waals surface area contributed by atoms with Crippen molar-refractivity contribution in [3.8, 4) is 0 Å². The molecule has 1 aromatic heterocycles. The van der Waals surface area contributed by atoms with E-state index in [9.17, 15) is 4.79 Å². The van der Waals surface area contributed by atoms with Crippen molar-refractivity contribution in [2.24, 2.45) is 0 Å². The summed E-state index contributed by atoms with van der Waals surface area (Å²) in [5.41, 5.74) is 2.23. The topological polar surface area (TPSA) is 50.2 Å². The smallest absolute Gasteiger partial charge is 0.308 e. The summed E-state index contributed by atoms with van der Waals surface area (Å²) < 4.78 is 0. The van der Waals surface area contributed by atoms with Gasteiger partial charge in [-0.1, -0.05) is 37.3 Å². The first-order valence-electron chi connectivity index (χ1n) is 6.42. The quantitative estimate of drug-likeness (QED) is 0.881. The lowest BCUT2D eigenvalue weighted by Gasteiger charge is -1.97. The van der Waals surface area contributed by atoms with Crippen LogP contribution in [-0.2, 0) is 30.5 Å². The third-order valence-corrected chi connectivity index (χ3v) is 4.10. The van der Waals surface area contributed by atoms with Crippen LogP contribution in [0.25, 0.3) is 0 Å². The molecule has 19 heavy (non-hydrogen) atoms. The van der Waals surface area contributed by atoms with Gasteiger partial charge >= 0.3 is 5.97 Å². The van der Waals surface area contributed by atoms with Crippen LogP contribution in [0, 0.1) is 0 Å². The second kappa shape index (κ2) is 6.48. The Hall–Kier alpha value is -1.68. The number of hydrogen-bond acceptors (Lipinski definition) is 3. The lowest BCUT2D eigenvalue weighted by molar-refractivity contribution is -0.136. The number of aryl methyl sites for hydroxylation is 3. The molecule has 0 saturated carbocycles. The number of carboxylic acids is 1. The van der Waals surface area contributed by atoms with Crippen LogP contribution in [0.4, 0.5) is 0 Å². The van der Waals surface area contributed by atoms with E-state index < -0.39 is 5.97 Å². The summed E-state index contributed by atoms with van der Waals surface area (Å²) in [6, 6.07) is 10.3. The average Bonchev–Trinajstić information content (AvgIpc) is 2.79. The molecule has 3 nitrogen and oxygen atoms in total. The Balaban J connectivity index is 2.04. The van der Waals surface area contributed by atoms with Crippen molar-refractivity contribution in [1.29, 1.82) is 0 Å². The maximum atomic E-state index is 10.8. The first-order valence-corrected chi connectivity index (χ1v) is 7.24. The molecule has 0 spiro atoms. The van der Waals surface area contributed by atoms with E-state index in [1.54, 1.807) is 0 Å². The summed E-state index contributed by atoms with van der Waals surface area (Å²) >= 11 is 1.54. The molecule has 0 unspecified atom stereocenters. The van der Waals surface area contributed by atoms with Crippen molar-refractivity contribution >= 4 is 17.3 Å². The van der Waals surface area contributed by atoms with Crippen LogP contribution in [0.5, 0.6) is 0 Å². The molecule has 0 amide bonds. The normalized spacial score (nSPS) is 10.6. The molecular weight excluding hydrogens is 258 g/mol. The fraction of sp³-hybridized carbons (Fsp3) is 0.333. The standard InChI is InChI=1S/C15H17NO2S/c1-2-12-13(10-15(17)18)19-14(16-12)9-8-11-6-4-3-5-7-11/h3-7H,2,8-10H2,1H3,(H,17,18). The van der Waals surface area contributed by atoms with Crippen LogP contribution in [0.1, 0.15) is 28.1 Å². The highest BCUT2D eigenvalue weighted by atomic mass is 32.1. The molecular formula is C15H17NO2S. The number of hydrogen-bond donors (Lipinski definition) is 1. The van der Waals surface area contributed by atoms with Crippen LogP contribution in [0.15, 0.2) is 30.3 Å². The summed E-state index contributed by atoms with van der Waals surface area (Å²) in [6.45, 7) is 2.02. The molecule has 1 aromatic carbocycles. The van der Waals surface area contributed by atoms with Gasteiger partial charge in [-0.15, -0.1) is 11.3 Å². The number of aromatic nitrogens is 1. The number of rotatable bonds is 6. The molecule has 4 heteroatoms. The third kappa shape index (κ3) is 3.89. The summed E-state index contributed by atoms with van der Waals surface area (Å²) in [7, 11) is 0. The van der Waals surface area contributed by atoms with Gasteiger partial charge in [-0.2, -0.15) is 0 Å². The number of thiazole rings is 1. The summed E-state index contributed by atoms with van der Waals surface area (Å²) in [4.78, 5) is 16.3. The van der Waals surface area contributed by atoms with E-state index in [1.165, 1.54) is 16.9 Å². The predicted octanol–water partition coefficient (Wildman–Crippen LogP) is 3.12. The van der Waals surface area contributed by atoms with Gasteiger partial charge in [0.05, 0.1) is 17.1 Å². The molecule has 0 bridgehead atoms. The largest absolute Gasteiger partial charge is 0.481 e. The summed E-state index contributed by atoms with van der Waals surface area (Å²) in [5, 5.41) is 9.92. The van der Waals surface area contributed by atoms with E-state index in [2.05, 4.69) is 17.1 Å².